The van der Waals surface area contributed by atoms with E-state index in [2.05, 4.69) is 42.3 Å². The summed E-state index contributed by atoms with van der Waals surface area (Å²) in [7, 11) is 0. The molecule has 1 aromatic carbocycles. The molecular formula is C24H34N2O3. The van der Waals surface area contributed by atoms with Crippen molar-refractivity contribution in [1.82, 2.24) is 10.2 Å². The number of benzene rings is 1. The average Bonchev–Trinajstić information content (AvgIpc) is 3.37. The molecule has 1 saturated heterocycles. The van der Waals surface area contributed by atoms with Gasteiger partial charge >= 0.3 is 0 Å². The lowest BCUT2D eigenvalue weighted by Gasteiger charge is -2.26. The van der Waals surface area contributed by atoms with E-state index in [1.54, 1.807) is 0 Å². The highest BCUT2D eigenvalue weighted by molar-refractivity contribution is 5.75. The SMILES string of the molecule is Cc1ccc(C)c(OCCCCC(=O)NCC(c2ccc(C)o2)N2CCCC2)c1. The number of nitrogens with one attached hydrogen (secondary N) is 1. The molecule has 29 heavy (non-hydrogen) atoms. The van der Waals surface area contributed by atoms with E-state index < -0.39 is 0 Å². The van der Waals surface area contributed by atoms with E-state index in [1.165, 1.54) is 18.4 Å². The van der Waals surface area contributed by atoms with E-state index in [9.17, 15) is 4.79 Å². The minimum atomic E-state index is 0.101. The molecule has 5 nitrogen and oxygen atoms in total. The summed E-state index contributed by atoms with van der Waals surface area (Å²) in [6, 6.07) is 10.4. The second-order valence-electron chi connectivity index (χ2n) is 8.09. The summed E-state index contributed by atoms with van der Waals surface area (Å²) >= 11 is 0. The Labute approximate surface area is 174 Å². The van der Waals surface area contributed by atoms with Crippen LogP contribution in [0.1, 0.15) is 60.8 Å². The number of aryl methyl sites for hydroxylation is 3. The van der Waals surface area contributed by atoms with Crippen LogP contribution in [0, 0.1) is 20.8 Å². The Hall–Kier alpha value is -2.27. The molecule has 0 saturated carbocycles. The van der Waals surface area contributed by atoms with Gasteiger partial charge in [-0.3, -0.25) is 9.69 Å². The zero-order valence-electron chi connectivity index (χ0n) is 18.0. The van der Waals surface area contributed by atoms with Crippen LogP contribution in [-0.4, -0.2) is 37.0 Å². The van der Waals surface area contributed by atoms with Crippen LogP contribution in [0.5, 0.6) is 5.75 Å². The fraction of sp³-hybridized carbons (Fsp3) is 0.542. The van der Waals surface area contributed by atoms with Crippen molar-refractivity contribution >= 4 is 5.91 Å². The summed E-state index contributed by atoms with van der Waals surface area (Å²) in [5.74, 6) is 2.91. The van der Waals surface area contributed by atoms with Crippen LogP contribution in [0.15, 0.2) is 34.7 Å². The number of likely N-dealkylation sites (tertiary alicyclic amines) is 1. The van der Waals surface area contributed by atoms with Crippen LogP contribution in [0.4, 0.5) is 0 Å². The normalized spacial score (nSPS) is 15.4. The summed E-state index contributed by atoms with van der Waals surface area (Å²) in [6.45, 7) is 9.45. The van der Waals surface area contributed by atoms with E-state index >= 15 is 0 Å². The number of hydrogen-bond donors (Lipinski definition) is 1. The van der Waals surface area contributed by atoms with Crippen LogP contribution in [0.3, 0.4) is 0 Å². The number of nitrogens with zero attached hydrogens (tertiary/aromatic N) is 1. The van der Waals surface area contributed by atoms with Crippen molar-refractivity contribution in [2.75, 3.05) is 26.2 Å². The molecule has 0 radical (unpaired) electrons. The topological polar surface area (TPSA) is 54.7 Å². The molecule has 2 heterocycles. The molecule has 2 aromatic rings. The van der Waals surface area contributed by atoms with Crippen LogP contribution in [-0.2, 0) is 4.79 Å². The molecule has 158 valence electrons. The van der Waals surface area contributed by atoms with Crippen molar-refractivity contribution < 1.29 is 13.9 Å². The molecule has 3 rings (SSSR count). The molecule has 1 amide bonds. The second-order valence-corrected chi connectivity index (χ2v) is 8.09. The number of unbranched alkanes of at least 4 members (excludes halogenated alkanes) is 1. The molecule has 0 bridgehead atoms. The summed E-state index contributed by atoms with van der Waals surface area (Å²) in [6.07, 6.45) is 4.65. The Morgan fingerprint density at radius 2 is 1.93 bits per heavy atom. The van der Waals surface area contributed by atoms with Crippen LogP contribution < -0.4 is 10.1 Å². The quantitative estimate of drug-likeness (QED) is 0.589. The Morgan fingerprint density at radius 3 is 2.66 bits per heavy atom. The zero-order valence-corrected chi connectivity index (χ0v) is 18.0. The van der Waals surface area contributed by atoms with Gasteiger partial charge in [-0.1, -0.05) is 12.1 Å². The van der Waals surface area contributed by atoms with Gasteiger partial charge in [0.05, 0.1) is 12.6 Å². The third kappa shape index (κ3) is 6.36. The number of rotatable bonds is 10. The molecule has 1 aromatic heterocycles. The second kappa shape index (κ2) is 10.5. The maximum atomic E-state index is 12.3. The van der Waals surface area contributed by atoms with Gasteiger partial charge in [-0.25, -0.2) is 0 Å². The average molecular weight is 399 g/mol. The zero-order chi connectivity index (χ0) is 20.6. The van der Waals surface area contributed by atoms with E-state index in [0.717, 1.165) is 48.8 Å². The molecule has 1 atom stereocenters. The van der Waals surface area contributed by atoms with Crippen molar-refractivity contribution in [3.8, 4) is 5.75 Å². The van der Waals surface area contributed by atoms with E-state index in [-0.39, 0.29) is 11.9 Å². The van der Waals surface area contributed by atoms with Crippen molar-refractivity contribution in [3.63, 3.8) is 0 Å². The summed E-state index contributed by atoms with van der Waals surface area (Å²) < 4.78 is 11.7. The van der Waals surface area contributed by atoms with E-state index in [0.29, 0.717) is 19.6 Å². The highest BCUT2D eigenvalue weighted by Gasteiger charge is 2.26. The molecule has 1 aliphatic rings. The predicted molar refractivity (Wildman–Crippen MR) is 115 cm³/mol. The van der Waals surface area contributed by atoms with Gasteiger partial charge in [0.25, 0.3) is 0 Å². The van der Waals surface area contributed by atoms with Gasteiger partial charge in [0, 0.05) is 13.0 Å². The lowest BCUT2D eigenvalue weighted by Crippen LogP contribution is -2.36. The Bertz CT molecular complexity index is 793. The van der Waals surface area contributed by atoms with Crippen LogP contribution >= 0.6 is 0 Å². The fourth-order valence-corrected chi connectivity index (χ4v) is 3.83. The van der Waals surface area contributed by atoms with Gasteiger partial charge in [-0.15, -0.1) is 0 Å². The minimum Gasteiger partial charge on any atom is -0.493 e. The summed E-state index contributed by atoms with van der Waals surface area (Å²) in [4.78, 5) is 14.7. The smallest absolute Gasteiger partial charge is 0.220 e. The highest BCUT2D eigenvalue weighted by Crippen LogP contribution is 2.26. The number of ether oxygens (including phenoxy) is 1. The Kier molecular flexibility index (Phi) is 7.76. The lowest BCUT2D eigenvalue weighted by molar-refractivity contribution is -0.121. The van der Waals surface area contributed by atoms with Gasteiger partial charge < -0.3 is 14.5 Å². The Morgan fingerprint density at radius 1 is 1.14 bits per heavy atom. The lowest BCUT2D eigenvalue weighted by atomic mass is 10.1. The number of furan rings is 1. The molecule has 5 heteroatoms. The first-order valence-electron chi connectivity index (χ1n) is 10.8. The first-order chi connectivity index (χ1) is 14.0. The van der Waals surface area contributed by atoms with Gasteiger partial charge in [-0.05, 0) is 88.9 Å². The predicted octanol–water partition coefficient (Wildman–Crippen LogP) is 4.71. The largest absolute Gasteiger partial charge is 0.493 e. The molecule has 1 N–H and O–H groups in total. The van der Waals surface area contributed by atoms with Crippen LogP contribution in [0.2, 0.25) is 0 Å². The molecule has 0 aliphatic carbocycles. The molecular weight excluding hydrogens is 364 g/mol. The maximum Gasteiger partial charge on any atom is 0.220 e. The number of carbonyl (C=O) groups is 1. The number of hydrogen-bond acceptors (Lipinski definition) is 4. The molecule has 1 aliphatic heterocycles. The minimum absolute atomic E-state index is 0.101. The van der Waals surface area contributed by atoms with Crippen molar-refractivity contribution in [1.29, 1.82) is 0 Å². The third-order valence-corrected chi connectivity index (χ3v) is 5.56. The van der Waals surface area contributed by atoms with Crippen molar-refractivity contribution in [2.24, 2.45) is 0 Å². The first kappa shape index (κ1) is 21.4. The molecule has 1 unspecified atom stereocenters. The summed E-state index contributed by atoms with van der Waals surface area (Å²) in [5.41, 5.74) is 2.35. The van der Waals surface area contributed by atoms with Gasteiger partial charge in [0.15, 0.2) is 0 Å². The molecule has 0 spiro atoms. The fourth-order valence-electron chi connectivity index (χ4n) is 3.83. The standard InChI is InChI=1S/C24H34N2O3/c1-18-9-10-19(2)23(16-18)28-15-7-4-8-24(27)25-17-21(26-13-5-6-14-26)22-12-11-20(3)29-22/h9-12,16,21H,4-8,13-15,17H2,1-3H3,(H,25,27). The highest BCUT2D eigenvalue weighted by atomic mass is 16.5. The van der Waals surface area contributed by atoms with E-state index in [1.807, 2.05) is 19.1 Å². The van der Waals surface area contributed by atoms with E-state index in [4.69, 9.17) is 9.15 Å². The third-order valence-electron chi connectivity index (χ3n) is 5.56. The molecule has 1 fully saturated rings. The van der Waals surface area contributed by atoms with Gasteiger partial charge in [0.2, 0.25) is 5.91 Å². The van der Waals surface area contributed by atoms with Gasteiger partial charge in [0.1, 0.15) is 17.3 Å². The Balaban J connectivity index is 1.38. The van der Waals surface area contributed by atoms with Crippen LogP contribution in [0.25, 0.3) is 0 Å². The monoisotopic (exact) mass is 398 g/mol. The van der Waals surface area contributed by atoms with Crippen molar-refractivity contribution in [3.05, 3.63) is 53.0 Å². The first-order valence-corrected chi connectivity index (χ1v) is 10.8. The summed E-state index contributed by atoms with van der Waals surface area (Å²) in [5, 5.41) is 3.11. The number of carbonyl (C=O) groups excluding carboxylic acids is 1. The van der Waals surface area contributed by atoms with Crippen molar-refractivity contribution in [2.45, 2.75) is 58.9 Å². The maximum absolute atomic E-state index is 12.3. The number of amides is 1. The van der Waals surface area contributed by atoms with Gasteiger partial charge in [-0.2, -0.15) is 0 Å².